The number of hydrogen-bond acceptors (Lipinski definition) is 6. The minimum Gasteiger partial charge on any atom is -0.497 e. The molecule has 0 aliphatic carbocycles. The summed E-state index contributed by atoms with van der Waals surface area (Å²) in [6.07, 6.45) is 0. The Labute approximate surface area is 158 Å². The van der Waals surface area contributed by atoms with Crippen LogP contribution in [0.2, 0.25) is 0 Å². The van der Waals surface area contributed by atoms with Crippen molar-refractivity contribution in [1.29, 1.82) is 0 Å². The summed E-state index contributed by atoms with van der Waals surface area (Å²) in [6, 6.07) is 14.2. The number of ether oxygens (including phenoxy) is 2. The molecule has 3 rings (SSSR count). The smallest absolute Gasteiger partial charge is 0.232 e. The molecule has 2 aromatic carbocycles. The molecule has 0 atom stereocenters. The molecule has 6 heteroatoms. The number of aromatic nitrogens is 2. The zero-order valence-electron chi connectivity index (χ0n) is 15.9. The van der Waals surface area contributed by atoms with Gasteiger partial charge in [-0.05, 0) is 36.4 Å². The number of hydrogen-bond donors (Lipinski definition) is 0. The fourth-order valence-electron chi connectivity index (χ4n) is 2.37. The van der Waals surface area contributed by atoms with Crippen LogP contribution in [0.15, 0.2) is 53.1 Å². The molecule has 6 nitrogen and oxygen atoms in total. The van der Waals surface area contributed by atoms with E-state index in [1.165, 1.54) is 0 Å². The Morgan fingerprint density at radius 3 is 2.44 bits per heavy atom. The molecule has 0 radical (unpaired) electrons. The van der Waals surface area contributed by atoms with E-state index >= 15 is 0 Å². The minimum atomic E-state index is -0.200. The highest BCUT2D eigenvalue weighted by Crippen LogP contribution is 2.25. The van der Waals surface area contributed by atoms with Gasteiger partial charge in [0.15, 0.2) is 12.4 Å². The highest BCUT2D eigenvalue weighted by Gasteiger charge is 2.22. The summed E-state index contributed by atoms with van der Waals surface area (Å²) in [5.41, 5.74) is 1.17. The Bertz CT molecular complexity index is 924. The predicted octanol–water partition coefficient (Wildman–Crippen LogP) is 4.30. The first-order valence-corrected chi connectivity index (χ1v) is 8.61. The van der Waals surface area contributed by atoms with E-state index in [-0.39, 0.29) is 17.8 Å². The SMILES string of the molecule is COc1cccc(C(=O)COc2ccc(-c3noc(C(C)(C)C)n3)cc2)c1. The van der Waals surface area contributed by atoms with Gasteiger partial charge in [-0.1, -0.05) is 38.1 Å². The van der Waals surface area contributed by atoms with Gasteiger partial charge >= 0.3 is 0 Å². The van der Waals surface area contributed by atoms with Gasteiger partial charge in [0.25, 0.3) is 0 Å². The van der Waals surface area contributed by atoms with Gasteiger partial charge in [-0.3, -0.25) is 4.79 Å². The summed E-state index contributed by atoms with van der Waals surface area (Å²) in [6.45, 7) is 5.99. The highest BCUT2D eigenvalue weighted by atomic mass is 16.5. The van der Waals surface area contributed by atoms with Gasteiger partial charge in [-0.2, -0.15) is 4.98 Å². The van der Waals surface area contributed by atoms with Crippen molar-refractivity contribution in [3.63, 3.8) is 0 Å². The molecule has 0 amide bonds. The first-order chi connectivity index (χ1) is 12.9. The summed E-state index contributed by atoms with van der Waals surface area (Å²) in [7, 11) is 1.57. The highest BCUT2D eigenvalue weighted by molar-refractivity contribution is 5.97. The van der Waals surface area contributed by atoms with E-state index in [0.29, 0.717) is 28.8 Å². The van der Waals surface area contributed by atoms with Crippen LogP contribution in [-0.2, 0) is 5.41 Å². The van der Waals surface area contributed by atoms with Gasteiger partial charge < -0.3 is 14.0 Å². The van der Waals surface area contributed by atoms with Crippen LogP contribution in [0.1, 0.15) is 37.0 Å². The maximum absolute atomic E-state index is 12.3. The second kappa shape index (κ2) is 7.61. The average Bonchev–Trinajstić information content (AvgIpc) is 3.17. The van der Waals surface area contributed by atoms with E-state index in [4.69, 9.17) is 14.0 Å². The monoisotopic (exact) mass is 366 g/mol. The summed E-state index contributed by atoms with van der Waals surface area (Å²) < 4.78 is 16.0. The van der Waals surface area contributed by atoms with Crippen LogP contribution in [0.5, 0.6) is 11.5 Å². The van der Waals surface area contributed by atoms with Crippen molar-refractivity contribution in [2.45, 2.75) is 26.2 Å². The molecule has 0 bridgehead atoms. The molecule has 27 heavy (non-hydrogen) atoms. The third-order valence-electron chi connectivity index (χ3n) is 3.94. The molecule has 0 saturated heterocycles. The van der Waals surface area contributed by atoms with Crippen molar-refractivity contribution in [3.8, 4) is 22.9 Å². The lowest BCUT2D eigenvalue weighted by molar-refractivity contribution is 0.0921. The largest absolute Gasteiger partial charge is 0.497 e. The van der Waals surface area contributed by atoms with Crippen molar-refractivity contribution < 1.29 is 18.8 Å². The van der Waals surface area contributed by atoms with Crippen LogP contribution in [0.4, 0.5) is 0 Å². The minimum absolute atomic E-state index is 0.0527. The van der Waals surface area contributed by atoms with Gasteiger partial charge in [-0.25, -0.2) is 0 Å². The maximum atomic E-state index is 12.3. The molecule has 0 spiro atoms. The Hall–Kier alpha value is -3.15. The van der Waals surface area contributed by atoms with E-state index in [2.05, 4.69) is 10.1 Å². The summed E-state index contributed by atoms with van der Waals surface area (Å²) in [4.78, 5) is 16.7. The first-order valence-electron chi connectivity index (χ1n) is 8.61. The fraction of sp³-hybridized carbons (Fsp3) is 0.286. The van der Waals surface area contributed by atoms with E-state index < -0.39 is 0 Å². The lowest BCUT2D eigenvalue weighted by Gasteiger charge is -2.10. The maximum Gasteiger partial charge on any atom is 0.232 e. The van der Waals surface area contributed by atoms with Crippen LogP contribution >= 0.6 is 0 Å². The third-order valence-corrected chi connectivity index (χ3v) is 3.94. The lowest BCUT2D eigenvalue weighted by atomic mass is 9.97. The molecular formula is C21H22N2O4. The average molecular weight is 366 g/mol. The molecule has 0 N–H and O–H groups in total. The quantitative estimate of drug-likeness (QED) is 0.605. The fourth-order valence-corrected chi connectivity index (χ4v) is 2.37. The molecule has 0 fully saturated rings. The van der Waals surface area contributed by atoms with Crippen molar-refractivity contribution in [2.24, 2.45) is 0 Å². The van der Waals surface area contributed by atoms with E-state index in [1.807, 2.05) is 32.9 Å². The Morgan fingerprint density at radius 2 is 1.81 bits per heavy atom. The molecule has 3 aromatic rings. The molecule has 0 aliphatic rings. The number of ketones is 1. The van der Waals surface area contributed by atoms with Crippen LogP contribution in [0.3, 0.4) is 0 Å². The van der Waals surface area contributed by atoms with Gasteiger partial charge in [-0.15, -0.1) is 0 Å². The Balaban J connectivity index is 1.64. The van der Waals surface area contributed by atoms with Crippen LogP contribution in [-0.4, -0.2) is 29.6 Å². The van der Waals surface area contributed by atoms with Crippen LogP contribution < -0.4 is 9.47 Å². The molecule has 1 heterocycles. The number of carbonyl (C=O) groups excluding carboxylic acids is 1. The van der Waals surface area contributed by atoms with Crippen molar-refractivity contribution >= 4 is 5.78 Å². The van der Waals surface area contributed by atoms with Gasteiger partial charge in [0.05, 0.1) is 7.11 Å². The van der Waals surface area contributed by atoms with E-state index in [0.717, 1.165) is 5.56 Å². The van der Waals surface area contributed by atoms with Crippen molar-refractivity contribution in [1.82, 2.24) is 10.1 Å². The molecule has 0 unspecified atom stereocenters. The number of Topliss-reactive ketones (excluding diaryl/α,β-unsaturated/α-hetero) is 1. The molecule has 140 valence electrons. The number of benzene rings is 2. The van der Waals surface area contributed by atoms with Crippen molar-refractivity contribution in [3.05, 3.63) is 60.0 Å². The second-order valence-electron chi connectivity index (χ2n) is 7.14. The zero-order valence-corrected chi connectivity index (χ0v) is 15.9. The van der Waals surface area contributed by atoms with Gasteiger partial charge in [0, 0.05) is 16.5 Å². The zero-order chi connectivity index (χ0) is 19.4. The summed E-state index contributed by atoms with van der Waals surface area (Å²) in [5.74, 6) is 2.22. The van der Waals surface area contributed by atoms with Gasteiger partial charge in [0.1, 0.15) is 11.5 Å². The molecule has 0 saturated carbocycles. The number of nitrogens with zero attached hydrogens (tertiary/aromatic N) is 2. The first kappa shape index (κ1) is 18.6. The number of carbonyl (C=O) groups is 1. The van der Waals surface area contributed by atoms with Crippen LogP contribution in [0.25, 0.3) is 11.4 Å². The predicted molar refractivity (Wildman–Crippen MR) is 101 cm³/mol. The van der Waals surface area contributed by atoms with E-state index in [9.17, 15) is 4.79 Å². The molecular weight excluding hydrogens is 344 g/mol. The second-order valence-corrected chi connectivity index (χ2v) is 7.14. The molecule has 1 aromatic heterocycles. The lowest BCUT2D eigenvalue weighted by Crippen LogP contribution is -2.11. The number of methoxy groups -OCH3 is 1. The van der Waals surface area contributed by atoms with E-state index in [1.54, 1.807) is 43.5 Å². The summed E-state index contributed by atoms with van der Waals surface area (Å²) >= 11 is 0. The Kier molecular flexibility index (Phi) is 5.26. The molecule has 0 aliphatic heterocycles. The third kappa shape index (κ3) is 4.53. The van der Waals surface area contributed by atoms with Gasteiger partial charge in [0.2, 0.25) is 11.7 Å². The normalized spacial score (nSPS) is 11.3. The number of rotatable bonds is 6. The Morgan fingerprint density at radius 1 is 1.07 bits per heavy atom. The standard InChI is InChI=1S/C21H22N2O4/c1-21(2,3)20-22-19(23-27-20)14-8-10-16(11-9-14)26-13-18(24)15-6-5-7-17(12-15)25-4/h5-12H,13H2,1-4H3. The van der Waals surface area contributed by atoms with Crippen molar-refractivity contribution in [2.75, 3.05) is 13.7 Å². The van der Waals surface area contributed by atoms with Crippen LogP contribution in [0, 0.1) is 0 Å². The topological polar surface area (TPSA) is 74.5 Å². The summed E-state index contributed by atoms with van der Waals surface area (Å²) in [5, 5.41) is 4.02.